The van der Waals surface area contributed by atoms with Crippen molar-refractivity contribution in [1.29, 1.82) is 0 Å². The Labute approximate surface area is 131 Å². The van der Waals surface area contributed by atoms with Crippen molar-refractivity contribution in [2.75, 3.05) is 0 Å². The van der Waals surface area contributed by atoms with E-state index in [4.69, 9.17) is 4.74 Å². The maximum atomic E-state index is 12.0. The fourth-order valence-electron chi connectivity index (χ4n) is 3.25. The molecular weight excluding hydrogens is 280 g/mol. The van der Waals surface area contributed by atoms with Gasteiger partial charge in [-0.3, -0.25) is 4.79 Å². The third-order valence-corrected chi connectivity index (χ3v) is 4.46. The van der Waals surface area contributed by atoms with Gasteiger partial charge >= 0.3 is 11.9 Å². The Balaban J connectivity index is 2.35. The lowest BCUT2D eigenvalue weighted by molar-refractivity contribution is -0.145. The number of carbonyl (C=O) groups excluding carboxylic acids is 1. The SMILES string of the molecule is Cc1cc(C2(C(=O)O)CCCCC2)ccc1C(=O)OC(C)C. The topological polar surface area (TPSA) is 63.6 Å². The summed E-state index contributed by atoms with van der Waals surface area (Å²) in [7, 11) is 0. The third-order valence-electron chi connectivity index (χ3n) is 4.46. The van der Waals surface area contributed by atoms with Crippen LogP contribution in [-0.2, 0) is 14.9 Å². The maximum Gasteiger partial charge on any atom is 0.338 e. The Bertz CT molecular complexity index is 568. The molecule has 22 heavy (non-hydrogen) atoms. The van der Waals surface area contributed by atoms with E-state index in [-0.39, 0.29) is 12.1 Å². The number of rotatable bonds is 4. The van der Waals surface area contributed by atoms with E-state index in [2.05, 4.69) is 0 Å². The van der Waals surface area contributed by atoms with Crippen molar-refractivity contribution >= 4 is 11.9 Å². The molecule has 1 aromatic rings. The van der Waals surface area contributed by atoms with Gasteiger partial charge in [0, 0.05) is 0 Å². The van der Waals surface area contributed by atoms with Crippen molar-refractivity contribution in [3.8, 4) is 0 Å². The highest BCUT2D eigenvalue weighted by Crippen LogP contribution is 2.40. The average Bonchev–Trinajstić information content (AvgIpc) is 2.46. The summed E-state index contributed by atoms with van der Waals surface area (Å²) in [5.41, 5.74) is 1.28. The van der Waals surface area contributed by atoms with Gasteiger partial charge in [-0.25, -0.2) is 4.79 Å². The monoisotopic (exact) mass is 304 g/mol. The van der Waals surface area contributed by atoms with E-state index >= 15 is 0 Å². The van der Waals surface area contributed by atoms with Crippen LogP contribution in [0.2, 0.25) is 0 Å². The van der Waals surface area contributed by atoms with Crippen molar-refractivity contribution in [1.82, 2.24) is 0 Å². The third kappa shape index (κ3) is 3.16. The number of carboxylic acids is 1. The number of carbonyl (C=O) groups is 2. The second-order valence-electron chi connectivity index (χ2n) is 6.43. The predicted molar refractivity (Wildman–Crippen MR) is 84.1 cm³/mol. The van der Waals surface area contributed by atoms with Gasteiger partial charge in [-0.05, 0) is 50.8 Å². The molecule has 2 rings (SSSR count). The lowest BCUT2D eigenvalue weighted by atomic mass is 9.69. The van der Waals surface area contributed by atoms with Crippen LogP contribution in [0.5, 0.6) is 0 Å². The average molecular weight is 304 g/mol. The van der Waals surface area contributed by atoms with Crippen LogP contribution in [0.15, 0.2) is 18.2 Å². The largest absolute Gasteiger partial charge is 0.481 e. The number of hydrogen-bond acceptors (Lipinski definition) is 3. The second kappa shape index (κ2) is 6.51. The summed E-state index contributed by atoms with van der Waals surface area (Å²) in [5, 5.41) is 9.74. The van der Waals surface area contributed by atoms with E-state index in [0.29, 0.717) is 18.4 Å². The van der Waals surface area contributed by atoms with Crippen molar-refractivity contribution in [2.24, 2.45) is 0 Å². The summed E-state index contributed by atoms with van der Waals surface area (Å²) in [6, 6.07) is 5.33. The van der Waals surface area contributed by atoms with Gasteiger partial charge in [0.15, 0.2) is 0 Å². The van der Waals surface area contributed by atoms with Gasteiger partial charge in [0.05, 0.1) is 17.1 Å². The summed E-state index contributed by atoms with van der Waals surface area (Å²) in [6.45, 7) is 5.45. The van der Waals surface area contributed by atoms with Gasteiger partial charge in [-0.1, -0.05) is 31.4 Å². The van der Waals surface area contributed by atoms with E-state index in [0.717, 1.165) is 30.4 Å². The first-order valence-corrected chi connectivity index (χ1v) is 7.92. The lowest BCUT2D eigenvalue weighted by Gasteiger charge is -2.34. The minimum atomic E-state index is -0.802. The minimum Gasteiger partial charge on any atom is -0.481 e. The number of benzene rings is 1. The number of ether oxygens (including phenoxy) is 1. The molecule has 4 nitrogen and oxygen atoms in total. The molecule has 120 valence electrons. The quantitative estimate of drug-likeness (QED) is 0.858. The lowest BCUT2D eigenvalue weighted by Crippen LogP contribution is -2.38. The molecule has 1 fully saturated rings. The Hall–Kier alpha value is -1.84. The first-order valence-electron chi connectivity index (χ1n) is 7.92. The highest BCUT2D eigenvalue weighted by atomic mass is 16.5. The number of aliphatic carboxylic acids is 1. The molecule has 0 aliphatic heterocycles. The zero-order chi connectivity index (χ0) is 16.3. The van der Waals surface area contributed by atoms with Crippen LogP contribution in [-0.4, -0.2) is 23.1 Å². The Morgan fingerprint density at radius 1 is 1.18 bits per heavy atom. The molecule has 0 bridgehead atoms. The molecule has 1 N–H and O–H groups in total. The molecule has 0 spiro atoms. The number of hydrogen-bond donors (Lipinski definition) is 1. The summed E-state index contributed by atoms with van der Waals surface area (Å²) in [5.74, 6) is -1.11. The normalized spacial score (nSPS) is 17.3. The van der Waals surface area contributed by atoms with Crippen molar-refractivity contribution in [3.05, 3.63) is 34.9 Å². The van der Waals surface area contributed by atoms with E-state index in [9.17, 15) is 14.7 Å². The van der Waals surface area contributed by atoms with E-state index in [1.54, 1.807) is 12.1 Å². The highest BCUT2D eigenvalue weighted by Gasteiger charge is 2.41. The molecule has 0 aromatic heterocycles. The minimum absolute atomic E-state index is 0.171. The smallest absolute Gasteiger partial charge is 0.338 e. The van der Waals surface area contributed by atoms with Gasteiger partial charge < -0.3 is 9.84 Å². The van der Waals surface area contributed by atoms with Crippen LogP contribution < -0.4 is 0 Å². The molecule has 0 heterocycles. The van der Waals surface area contributed by atoms with Crippen molar-refractivity contribution in [3.63, 3.8) is 0 Å². The summed E-state index contributed by atoms with van der Waals surface area (Å²) in [4.78, 5) is 23.9. The molecule has 0 unspecified atom stereocenters. The standard InChI is InChI=1S/C18H24O4/c1-12(2)22-16(19)15-8-7-14(11-13(15)3)18(17(20)21)9-5-4-6-10-18/h7-8,11-12H,4-6,9-10H2,1-3H3,(H,20,21). The van der Waals surface area contributed by atoms with Gasteiger partial charge in [-0.2, -0.15) is 0 Å². The van der Waals surface area contributed by atoms with Gasteiger partial charge in [-0.15, -0.1) is 0 Å². The number of aryl methyl sites for hydroxylation is 1. The Morgan fingerprint density at radius 2 is 1.82 bits per heavy atom. The van der Waals surface area contributed by atoms with Gasteiger partial charge in [0.1, 0.15) is 0 Å². The molecule has 0 saturated heterocycles. The van der Waals surface area contributed by atoms with Crippen molar-refractivity contribution < 1.29 is 19.4 Å². The van der Waals surface area contributed by atoms with Crippen LogP contribution in [0.4, 0.5) is 0 Å². The second-order valence-corrected chi connectivity index (χ2v) is 6.43. The van der Waals surface area contributed by atoms with E-state index in [1.807, 2.05) is 26.8 Å². The van der Waals surface area contributed by atoms with Crippen LogP contribution in [0.3, 0.4) is 0 Å². The molecule has 1 aliphatic carbocycles. The zero-order valence-corrected chi connectivity index (χ0v) is 13.5. The highest BCUT2D eigenvalue weighted by molar-refractivity contribution is 5.91. The molecule has 0 radical (unpaired) electrons. The summed E-state index contributed by atoms with van der Waals surface area (Å²) >= 11 is 0. The van der Waals surface area contributed by atoms with E-state index < -0.39 is 11.4 Å². The first-order chi connectivity index (χ1) is 10.4. The van der Waals surface area contributed by atoms with Crippen molar-refractivity contribution in [2.45, 2.75) is 64.4 Å². The molecule has 1 saturated carbocycles. The fourth-order valence-corrected chi connectivity index (χ4v) is 3.25. The molecule has 1 aromatic carbocycles. The van der Waals surface area contributed by atoms with Crippen LogP contribution in [0.1, 0.15) is 67.4 Å². The maximum absolute atomic E-state index is 12.0. The Kier molecular flexibility index (Phi) is 4.89. The summed E-state index contributed by atoms with van der Waals surface area (Å²) < 4.78 is 5.22. The molecule has 0 atom stereocenters. The fraction of sp³-hybridized carbons (Fsp3) is 0.556. The number of carboxylic acid groups (broad SMARTS) is 1. The first kappa shape index (κ1) is 16.5. The molecule has 4 heteroatoms. The van der Waals surface area contributed by atoms with Crippen LogP contribution >= 0.6 is 0 Å². The molecular formula is C18H24O4. The van der Waals surface area contributed by atoms with Gasteiger partial charge in [0.2, 0.25) is 0 Å². The van der Waals surface area contributed by atoms with Gasteiger partial charge in [0.25, 0.3) is 0 Å². The summed E-state index contributed by atoms with van der Waals surface area (Å²) in [6.07, 6.45) is 4.11. The zero-order valence-electron chi connectivity index (χ0n) is 13.5. The number of esters is 1. The van der Waals surface area contributed by atoms with Crippen LogP contribution in [0.25, 0.3) is 0 Å². The molecule has 0 amide bonds. The predicted octanol–water partition coefficient (Wildman–Crippen LogP) is 3.85. The molecule has 1 aliphatic rings. The van der Waals surface area contributed by atoms with Crippen LogP contribution in [0, 0.1) is 6.92 Å². The van der Waals surface area contributed by atoms with E-state index in [1.165, 1.54) is 0 Å². The Morgan fingerprint density at radius 3 is 2.32 bits per heavy atom.